The number of rotatable bonds is 3. The van der Waals surface area contributed by atoms with E-state index in [0.29, 0.717) is 6.54 Å². The van der Waals surface area contributed by atoms with Crippen LogP contribution in [0.2, 0.25) is 5.02 Å². The summed E-state index contributed by atoms with van der Waals surface area (Å²) in [6.45, 7) is 0.697. The van der Waals surface area contributed by atoms with Gasteiger partial charge in [-0.2, -0.15) is 0 Å². The first kappa shape index (κ1) is 11.4. The van der Waals surface area contributed by atoms with Crippen molar-refractivity contribution in [3.63, 3.8) is 0 Å². The van der Waals surface area contributed by atoms with Gasteiger partial charge < -0.3 is 5.32 Å². The number of hydrogen-bond acceptors (Lipinski definition) is 4. The maximum atomic E-state index is 5.95. The van der Waals surface area contributed by atoms with Crippen LogP contribution in [0.5, 0.6) is 0 Å². The highest BCUT2D eigenvalue weighted by Gasteiger charge is 2.04. The van der Waals surface area contributed by atoms with Crippen LogP contribution in [0.4, 0.5) is 5.82 Å². The number of halogens is 1. The molecule has 0 aliphatic carbocycles. The van der Waals surface area contributed by atoms with Crippen molar-refractivity contribution in [2.45, 2.75) is 6.54 Å². The molecular weight excluding hydrogens is 266 g/mol. The molecule has 18 heavy (non-hydrogen) atoms. The lowest BCUT2D eigenvalue weighted by Gasteiger charge is -2.06. The summed E-state index contributed by atoms with van der Waals surface area (Å²) in [4.78, 5) is 9.48. The molecule has 3 nitrogen and oxygen atoms in total. The number of benzene rings is 1. The van der Waals surface area contributed by atoms with Gasteiger partial charge in [0.05, 0.1) is 5.39 Å². The minimum Gasteiger partial charge on any atom is -0.365 e. The zero-order valence-corrected chi connectivity index (χ0v) is 11.0. The van der Waals surface area contributed by atoms with Crippen LogP contribution in [-0.2, 0) is 6.54 Å². The zero-order valence-electron chi connectivity index (χ0n) is 9.43. The number of anilines is 1. The Hall–Kier alpha value is -1.65. The van der Waals surface area contributed by atoms with Gasteiger partial charge in [0.1, 0.15) is 17.0 Å². The molecule has 0 fully saturated rings. The molecule has 5 heteroatoms. The molecule has 3 aromatic rings. The summed E-state index contributed by atoms with van der Waals surface area (Å²) in [6.07, 6.45) is 1.58. The lowest BCUT2D eigenvalue weighted by Crippen LogP contribution is -2.01. The van der Waals surface area contributed by atoms with Gasteiger partial charge in [0.15, 0.2) is 0 Å². The second kappa shape index (κ2) is 4.92. The molecule has 0 saturated carbocycles. The van der Waals surface area contributed by atoms with Gasteiger partial charge in [0.25, 0.3) is 0 Å². The number of thiophene rings is 1. The SMILES string of the molecule is Clc1cccc(CNc2ncnc3sccc23)c1. The van der Waals surface area contributed by atoms with E-state index in [2.05, 4.69) is 15.3 Å². The Kier molecular flexibility index (Phi) is 3.13. The second-order valence-corrected chi connectivity index (χ2v) is 5.18. The van der Waals surface area contributed by atoms with Crippen molar-refractivity contribution >= 4 is 39.0 Å². The summed E-state index contributed by atoms with van der Waals surface area (Å²) in [5.74, 6) is 0.862. The molecule has 3 rings (SSSR count). The van der Waals surface area contributed by atoms with Crippen LogP contribution in [0, 0.1) is 0 Å². The third kappa shape index (κ3) is 2.30. The number of nitrogens with one attached hydrogen (secondary N) is 1. The minimum absolute atomic E-state index is 0.697. The molecule has 0 bridgehead atoms. The van der Waals surface area contributed by atoms with Crippen molar-refractivity contribution in [3.05, 3.63) is 52.6 Å². The maximum absolute atomic E-state index is 5.95. The van der Waals surface area contributed by atoms with E-state index in [0.717, 1.165) is 26.6 Å². The van der Waals surface area contributed by atoms with Gasteiger partial charge in [-0.05, 0) is 29.1 Å². The quantitative estimate of drug-likeness (QED) is 0.786. The van der Waals surface area contributed by atoms with Crippen LogP contribution >= 0.6 is 22.9 Å². The van der Waals surface area contributed by atoms with Crippen LogP contribution in [-0.4, -0.2) is 9.97 Å². The van der Waals surface area contributed by atoms with Crippen molar-refractivity contribution in [2.24, 2.45) is 0 Å². The fourth-order valence-electron chi connectivity index (χ4n) is 1.76. The number of hydrogen-bond donors (Lipinski definition) is 1. The Bertz CT molecular complexity index is 681. The third-order valence-electron chi connectivity index (χ3n) is 2.61. The van der Waals surface area contributed by atoms with Gasteiger partial charge in [0, 0.05) is 11.6 Å². The lowest BCUT2D eigenvalue weighted by atomic mass is 10.2. The molecule has 90 valence electrons. The van der Waals surface area contributed by atoms with E-state index in [-0.39, 0.29) is 0 Å². The molecule has 0 spiro atoms. The molecule has 1 N–H and O–H groups in total. The standard InChI is InChI=1S/C13H10ClN3S/c14-10-3-1-2-9(6-10)7-15-12-11-4-5-18-13(11)17-8-16-12/h1-6,8H,7H2,(H,15,16,17). The Morgan fingerprint density at radius 2 is 2.17 bits per heavy atom. The topological polar surface area (TPSA) is 37.8 Å². The van der Waals surface area contributed by atoms with Crippen LogP contribution < -0.4 is 5.32 Å². The molecule has 2 aromatic heterocycles. The predicted molar refractivity (Wildman–Crippen MR) is 76.2 cm³/mol. The molecule has 0 atom stereocenters. The molecule has 0 aliphatic rings. The Morgan fingerprint density at radius 3 is 3.06 bits per heavy atom. The highest BCUT2D eigenvalue weighted by Crippen LogP contribution is 2.24. The van der Waals surface area contributed by atoms with Gasteiger partial charge >= 0.3 is 0 Å². The van der Waals surface area contributed by atoms with Crippen molar-refractivity contribution in [3.8, 4) is 0 Å². The van der Waals surface area contributed by atoms with Gasteiger partial charge in [-0.25, -0.2) is 9.97 Å². The smallest absolute Gasteiger partial charge is 0.138 e. The normalized spacial score (nSPS) is 10.7. The van der Waals surface area contributed by atoms with Crippen molar-refractivity contribution < 1.29 is 0 Å². The summed E-state index contributed by atoms with van der Waals surface area (Å²) in [5.41, 5.74) is 1.13. The van der Waals surface area contributed by atoms with Gasteiger partial charge in [-0.15, -0.1) is 11.3 Å². The zero-order chi connectivity index (χ0) is 12.4. The maximum Gasteiger partial charge on any atom is 0.138 e. The molecule has 0 radical (unpaired) electrons. The van der Waals surface area contributed by atoms with E-state index in [1.54, 1.807) is 17.7 Å². The average Bonchev–Trinajstić information content (AvgIpc) is 2.85. The Morgan fingerprint density at radius 1 is 1.22 bits per heavy atom. The number of aromatic nitrogens is 2. The molecule has 0 amide bonds. The molecule has 0 aliphatic heterocycles. The van der Waals surface area contributed by atoms with E-state index < -0.39 is 0 Å². The monoisotopic (exact) mass is 275 g/mol. The van der Waals surface area contributed by atoms with Gasteiger partial charge in [-0.3, -0.25) is 0 Å². The first-order chi connectivity index (χ1) is 8.83. The second-order valence-electron chi connectivity index (χ2n) is 3.85. The van der Waals surface area contributed by atoms with Gasteiger partial charge in [-0.1, -0.05) is 23.7 Å². The van der Waals surface area contributed by atoms with Crippen LogP contribution in [0.1, 0.15) is 5.56 Å². The number of nitrogens with zero attached hydrogens (tertiary/aromatic N) is 2. The molecule has 2 heterocycles. The summed E-state index contributed by atoms with van der Waals surface area (Å²) in [5, 5.41) is 7.14. The molecule has 0 unspecified atom stereocenters. The van der Waals surface area contributed by atoms with Crippen LogP contribution in [0.25, 0.3) is 10.2 Å². The fourth-order valence-corrected chi connectivity index (χ4v) is 2.71. The summed E-state index contributed by atoms with van der Waals surface area (Å²) >= 11 is 7.57. The van der Waals surface area contributed by atoms with E-state index in [1.165, 1.54) is 0 Å². The van der Waals surface area contributed by atoms with Crippen molar-refractivity contribution in [1.82, 2.24) is 9.97 Å². The highest BCUT2D eigenvalue weighted by molar-refractivity contribution is 7.16. The largest absolute Gasteiger partial charge is 0.365 e. The van der Waals surface area contributed by atoms with Crippen LogP contribution in [0.3, 0.4) is 0 Å². The summed E-state index contributed by atoms with van der Waals surface area (Å²) < 4.78 is 0. The van der Waals surface area contributed by atoms with Crippen molar-refractivity contribution in [2.75, 3.05) is 5.32 Å². The summed E-state index contributed by atoms with van der Waals surface area (Å²) in [6, 6.07) is 9.82. The first-order valence-corrected chi connectivity index (χ1v) is 6.75. The lowest BCUT2D eigenvalue weighted by molar-refractivity contribution is 1.11. The van der Waals surface area contributed by atoms with Gasteiger partial charge in [0.2, 0.25) is 0 Å². The van der Waals surface area contributed by atoms with Crippen LogP contribution in [0.15, 0.2) is 42.0 Å². The molecule has 0 saturated heterocycles. The van der Waals surface area contributed by atoms with E-state index in [4.69, 9.17) is 11.6 Å². The van der Waals surface area contributed by atoms with E-state index >= 15 is 0 Å². The minimum atomic E-state index is 0.697. The first-order valence-electron chi connectivity index (χ1n) is 5.49. The molecule has 1 aromatic carbocycles. The molecular formula is C13H10ClN3S. The average molecular weight is 276 g/mol. The fraction of sp³-hybridized carbons (Fsp3) is 0.0769. The Balaban J connectivity index is 1.83. The van der Waals surface area contributed by atoms with E-state index in [1.807, 2.05) is 35.7 Å². The third-order valence-corrected chi connectivity index (χ3v) is 3.67. The van der Waals surface area contributed by atoms with E-state index in [9.17, 15) is 0 Å². The summed E-state index contributed by atoms with van der Waals surface area (Å²) in [7, 11) is 0. The predicted octanol–water partition coefficient (Wildman–Crippen LogP) is 3.96. The highest BCUT2D eigenvalue weighted by atomic mass is 35.5. The number of fused-ring (bicyclic) bond motifs is 1. The Labute approximate surface area is 113 Å². The van der Waals surface area contributed by atoms with Crippen molar-refractivity contribution in [1.29, 1.82) is 0 Å².